The van der Waals surface area contributed by atoms with E-state index >= 15 is 0 Å². The third-order valence-corrected chi connectivity index (χ3v) is 5.00. The Morgan fingerprint density at radius 2 is 1.72 bits per heavy atom. The Morgan fingerprint density at radius 1 is 1.04 bits per heavy atom. The molecule has 1 N–H and O–H groups in total. The number of carbonyl (C=O) groups excluding carboxylic acids is 1. The molecule has 0 saturated heterocycles. The van der Waals surface area contributed by atoms with Gasteiger partial charge in [0.05, 0.1) is 5.25 Å². The summed E-state index contributed by atoms with van der Waals surface area (Å²) >= 11 is 1.45. The molecule has 5 heteroatoms. The summed E-state index contributed by atoms with van der Waals surface area (Å²) in [5.74, 6) is 0.0323. The number of nitrogens with one attached hydrogen (secondary N) is 1. The van der Waals surface area contributed by atoms with Gasteiger partial charge >= 0.3 is 0 Å². The van der Waals surface area contributed by atoms with E-state index in [1.165, 1.54) is 11.8 Å². The standard InChI is InChI=1S/C20H21N3OS/c1-3-13-21-19(24)14(2)25-20-17-12-8-7-11-16(17)18(22-23-20)15-9-5-4-6-10-15/h4-12,14H,3,13H2,1-2H3,(H,21,24)/t14-/m0/s1. The zero-order valence-corrected chi connectivity index (χ0v) is 15.2. The SMILES string of the molecule is CCCNC(=O)[C@H](C)Sc1nnc(-c2ccccc2)c2ccccc12. The molecule has 0 aliphatic carbocycles. The zero-order chi connectivity index (χ0) is 17.6. The topological polar surface area (TPSA) is 54.9 Å². The van der Waals surface area contributed by atoms with E-state index in [4.69, 9.17) is 0 Å². The Kier molecular flexibility index (Phi) is 5.66. The fourth-order valence-electron chi connectivity index (χ4n) is 2.59. The van der Waals surface area contributed by atoms with Gasteiger partial charge in [-0.2, -0.15) is 0 Å². The summed E-state index contributed by atoms with van der Waals surface area (Å²) in [4.78, 5) is 12.2. The number of rotatable bonds is 6. The molecule has 0 saturated carbocycles. The number of hydrogen-bond acceptors (Lipinski definition) is 4. The summed E-state index contributed by atoms with van der Waals surface area (Å²) in [5, 5.41) is 14.4. The van der Waals surface area contributed by atoms with Crippen LogP contribution < -0.4 is 5.32 Å². The fraction of sp³-hybridized carbons (Fsp3) is 0.250. The van der Waals surface area contributed by atoms with Crippen molar-refractivity contribution < 1.29 is 4.79 Å². The van der Waals surface area contributed by atoms with Crippen molar-refractivity contribution in [3.05, 3.63) is 54.6 Å². The number of carbonyl (C=O) groups is 1. The van der Waals surface area contributed by atoms with Crippen molar-refractivity contribution >= 4 is 28.4 Å². The van der Waals surface area contributed by atoms with Gasteiger partial charge in [-0.15, -0.1) is 10.2 Å². The smallest absolute Gasteiger partial charge is 0.233 e. The van der Waals surface area contributed by atoms with Gasteiger partial charge in [0.25, 0.3) is 0 Å². The Hall–Kier alpha value is -2.40. The third kappa shape index (κ3) is 3.99. The number of amides is 1. The zero-order valence-electron chi connectivity index (χ0n) is 14.4. The molecule has 1 amide bonds. The number of fused-ring (bicyclic) bond motifs is 1. The molecular formula is C20H21N3OS. The van der Waals surface area contributed by atoms with Crippen LogP contribution in [-0.4, -0.2) is 27.9 Å². The van der Waals surface area contributed by atoms with Crippen LogP contribution >= 0.6 is 11.8 Å². The molecule has 25 heavy (non-hydrogen) atoms. The van der Waals surface area contributed by atoms with Crippen LogP contribution in [0.3, 0.4) is 0 Å². The molecule has 0 bridgehead atoms. The second-order valence-electron chi connectivity index (χ2n) is 5.82. The minimum atomic E-state index is -0.216. The average molecular weight is 351 g/mol. The average Bonchev–Trinajstić information content (AvgIpc) is 2.67. The van der Waals surface area contributed by atoms with E-state index < -0.39 is 0 Å². The molecule has 3 aromatic rings. The number of hydrogen-bond donors (Lipinski definition) is 1. The van der Waals surface area contributed by atoms with Crippen LogP contribution in [0.25, 0.3) is 22.0 Å². The molecule has 0 aliphatic rings. The first kappa shape index (κ1) is 17.4. The van der Waals surface area contributed by atoms with Crippen LogP contribution in [0.5, 0.6) is 0 Å². The molecule has 0 radical (unpaired) electrons. The quantitative estimate of drug-likeness (QED) is 0.673. The largest absolute Gasteiger partial charge is 0.355 e. The minimum absolute atomic E-state index is 0.0323. The van der Waals surface area contributed by atoms with Crippen LogP contribution in [0.1, 0.15) is 20.3 Å². The van der Waals surface area contributed by atoms with Gasteiger partial charge in [-0.05, 0) is 13.3 Å². The van der Waals surface area contributed by atoms with Gasteiger partial charge in [-0.25, -0.2) is 0 Å². The lowest BCUT2D eigenvalue weighted by molar-refractivity contribution is -0.120. The summed E-state index contributed by atoms with van der Waals surface area (Å²) in [6, 6.07) is 18.1. The van der Waals surface area contributed by atoms with Gasteiger partial charge in [0, 0.05) is 22.9 Å². The normalized spacial score (nSPS) is 12.1. The lowest BCUT2D eigenvalue weighted by Crippen LogP contribution is -2.31. The van der Waals surface area contributed by atoms with Crippen molar-refractivity contribution in [2.24, 2.45) is 0 Å². The van der Waals surface area contributed by atoms with Crippen molar-refractivity contribution in [2.75, 3.05) is 6.54 Å². The van der Waals surface area contributed by atoms with Gasteiger partial charge in [0.2, 0.25) is 5.91 Å². The molecule has 1 aromatic heterocycles. The Morgan fingerprint density at radius 3 is 2.44 bits per heavy atom. The highest BCUT2D eigenvalue weighted by atomic mass is 32.2. The van der Waals surface area contributed by atoms with Crippen LogP contribution in [-0.2, 0) is 4.79 Å². The lowest BCUT2D eigenvalue weighted by atomic mass is 10.1. The van der Waals surface area contributed by atoms with Crippen LogP contribution in [0.2, 0.25) is 0 Å². The summed E-state index contributed by atoms with van der Waals surface area (Å²) in [6.07, 6.45) is 0.928. The highest BCUT2D eigenvalue weighted by Gasteiger charge is 2.18. The van der Waals surface area contributed by atoms with E-state index in [2.05, 4.69) is 21.6 Å². The van der Waals surface area contributed by atoms with Gasteiger partial charge < -0.3 is 5.32 Å². The summed E-state index contributed by atoms with van der Waals surface area (Å²) in [6.45, 7) is 4.64. The van der Waals surface area contributed by atoms with Crippen molar-refractivity contribution in [1.82, 2.24) is 15.5 Å². The van der Waals surface area contributed by atoms with E-state index in [0.29, 0.717) is 6.54 Å². The van der Waals surface area contributed by atoms with Gasteiger partial charge in [0.1, 0.15) is 10.7 Å². The molecule has 1 heterocycles. The highest BCUT2D eigenvalue weighted by molar-refractivity contribution is 8.00. The van der Waals surface area contributed by atoms with E-state index in [0.717, 1.165) is 33.5 Å². The molecule has 0 spiro atoms. The van der Waals surface area contributed by atoms with E-state index in [-0.39, 0.29) is 11.2 Å². The van der Waals surface area contributed by atoms with E-state index in [1.807, 2.05) is 62.4 Å². The molecule has 4 nitrogen and oxygen atoms in total. The van der Waals surface area contributed by atoms with Crippen molar-refractivity contribution in [2.45, 2.75) is 30.5 Å². The molecular weight excluding hydrogens is 330 g/mol. The summed E-state index contributed by atoms with van der Waals surface area (Å²) < 4.78 is 0. The van der Waals surface area contributed by atoms with Crippen molar-refractivity contribution in [3.8, 4) is 11.3 Å². The van der Waals surface area contributed by atoms with Gasteiger partial charge in [-0.3, -0.25) is 4.79 Å². The van der Waals surface area contributed by atoms with Crippen molar-refractivity contribution in [1.29, 1.82) is 0 Å². The molecule has 0 unspecified atom stereocenters. The first-order valence-electron chi connectivity index (χ1n) is 8.46. The molecule has 2 aromatic carbocycles. The fourth-order valence-corrected chi connectivity index (χ4v) is 3.51. The van der Waals surface area contributed by atoms with Crippen LogP contribution in [0.15, 0.2) is 59.6 Å². The first-order chi connectivity index (χ1) is 12.2. The first-order valence-corrected chi connectivity index (χ1v) is 9.34. The van der Waals surface area contributed by atoms with Gasteiger partial charge in [-0.1, -0.05) is 73.3 Å². The summed E-state index contributed by atoms with van der Waals surface area (Å²) in [5.41, 5.74) is 1.90. The maximum absolute atomic E-state index is 12.2. The predicted octanol–water partition coefficient (Wildman–Crippen LogP) is 4.30. The van der Waals surface area contributed by atoms with Crippen LogP contribution in [0, 0.1) is 0 Å². The summed E-state index contributed by atoms with van der Waals surface area (Å²) in [7, 11) is 0. The van der Waals surface area contributed by atoms with Crippen LogP contribution in [0.4, 0.5) is 0 Å². The Labute approximate surface area is 152 Å². The Balaban J connectivity index is 1.95. The number of nitrogens with zero attached hydrogens (tertiary/aromatic N) is 2. The lowest BCUT2D eigenvalue weighted by Gasteiger charge is -2.13. The highest BCUT2D eigenvalue weighted by Crippen LogP contribution is 2.33. The Bertz CT molecular complexity index is 867. The molecule has 3 rings (SSSR count). The van der Waals surface area contributed by atoms with Crippen molar-refractivity contribution in [3.63, 3.8) is 0 Å². The second kappa shape index (κ2) is 8.12. The van der Waals surface area contributed by atoms with E-state index in [9.17, 15) is 4.79 Å². The number of aromatic nitrogens is 2. The molecule has 0 fully saturated rings. The molecule has 0 aliphatic heterocycles. The maximum Gasteiger partial charge on any atom is 0.233 e. The number of thioether (sulfide) groups is 1. The monoisotopic (exact) mass is 351 g/mol. The van der Waals surface area contributed by atoms with Gasteiger partial charge in [0.15, 0.2) is 0 Å². The second-order valence-corrected chi connectivity index (χ2v) is 7.15. The predicted molar refractivity (Wildman–Crippen MR) is 104 cm³/mol. The van der Waals surface area contributed by atoms with E-state index in [1.54, 1.807) is 0 Å². The molecule has 1 atom stereocenters. The minimum Gasteiger partial charge on any atom is -0.355 e. The molecule has 128 valence electrons. The third-order valence-electron chi connectivity index (χ3n) is 3.91. The maximum atomic E-state index is 12.2. The number of benzene rings is 2.